The van der Waals surface area contributed by atoms with E-state index in [1.165, 1.54) is 0 Å². The summed E-state index contributed by atoms with van der Waals surface area (Å²) in [4.78, 5) is 11.6. The quantitative estimate of drug-likeness (QED) is 0.263. The Labute approximate surface area is 230 Å². The van der Waals surface area contributed by atoms with Crippen molar-refractivity contribution >= 4 is 14.4 Å². The van der Waals surface area contributed by atoms with E-state index in [9.17, 15) is 15.0 Å². The summed E-state index contributed by atoms with van der Waals surface area (Å²) >= 11 is 0. The van der Waals surface area contributed by atoms with Gasteiger partial charge in [0.15, 0.2) is 14.6 Å². The van der Waals surface area contributed by atoms with Crippen LogP contribution < -0.4 is 10.6 Å². The molecule has 0 bridgehead atoms. The van der Waals surface area contributed by atoms with Gasteiger partial charge in [0.1, 0.15) is 0 Å². The molecule has 8 nitrogen and oxygen atoms in total. The maximum atomic E-state index is 11.6. The summed E-state index contributed by atoms with van der Waals surface area (Å²) in [5, 5.41) is 26.7. The average molecular weight is 551 g/mol. The molecule has 38 heavy (non-hydrogen) atoms. The van der Waals surface area contributed by atoms with Crippen LogP contribution in [0.5, 0.6) is 0 Å². The Morgan fingerprint density at radius 3 is 2.58 bits per heavy atom. The van der Waals surface area contributed by atoms with Crippen molar-refractivity contribution in [3.8, 4) is 0 Å². The predicted octanol–water partition coefficient (Wildman–Crippen LogP) is 4.73. The van der Waals surface area contributed by atoms with Crippen molar-refractivity contribution in [1.82, 2.24) is 10.6 Å². The first kappa shape index (κ1) is 31.0. The number of aliphatic hydroxyl groups is 1. The van der Waals surface area contributed by atoms with Gasteiger partial charge in [0.25, 0.3) is 0 Å². The van der Waals surface area contributed by atoms with E-state index in [0.29, 0.717) is 45.2 Å². The molecule has 0 saturated carbocycles. The van der Waals surface area contributed by atoms with Crippen LogP contribution in [0.2, 0.25) is 18.1 Å². The van der Waals surface area contributed by atoms with E-state index in [1.54, 1.807) is 0 Å². The fourth-order valence-electron chi connectivity index (χ4n) is 5.13. The van der Waals surface area contributed by atoms with Gasteiger partial charge in [-0.15, -0.1) is 0 Å². The molecule has 216 valence electrons. The Morgan fingerprint density at radius 2 is 1.89 bits per heavy atom. The molecule has 2 fully saturated rings. The van der Waals surface area contributed by atoms with Crippen molar-refractivity contribution in [2.45, 2.75) is 96.4 Å². The molecule has 0 aromatic heterocycles. The number of benzene rings is 1. The van der Waals surface area contributed by atoms with Gasteiger partial charge >= 0.3 is 6.09 Å². The van der Waals surface area contributed by atoms with E-state index in [1.807, 2.05) is 18.2 Å². The maximum absolute atomic E-state index is 11.6. The van der Waals surface area contributed by atoms with Crippen molar-refractivity contribution in [2.75, 3.05) is 32.9 Å². The molecule has 2 aliphatic rings. The molecule has 0 unspecified atom stereocenters. The van der Waals surface area contributed by atoms with Gasteiger partial charge in [-0.05, 0) is 53.9 Å². The lowest BCUT2D eigenvalue weighted by atomic mass is 9.83. The first-order valence-electron chi connectivity index (χ1n) is 14.0. The third-order valence-corrected chi connectivity index (χ3v) is 13.3. The van der Waals surface area contributed by atoms with Crippen LogP contribution >= 0.6 is 0 Å². The van der Waals surface area contributed by atoms with E-state index in [2.05, 4.69) is 64.4 Å². The lowest BCUT2D eigenvalue weighted by molar-refractivity contribution is -0.0905. The monoisotopic (exact) mass is 550 g/mol. The molecule has 3 rings (SSSR count). The molecule has 1 amide bonds. The van der Waals surface area contributed by atoms with Crippen molar-refractivity contribution in [1.29, 1.82) is 0 Å². The number of carbonyl (C=O) groups is 1. The van der Waals surface area contributed by atoms with E-state index < -0.39 is 26.6 Å². The molecule has 0 radical (unpaired) electrons. The van der Waals surface area contributed by atoms with Gasteiger partial charge in [-0.25, -0.2) is 4.79 Å². The van der Waals surface area contributed by atoms with Gasteiger partial charge in [-0.2, -0.15) is 0 Å². The van der Waals surface area contributed by atoms with E-state index >= 15 is 0 Å². The van der Waals surface area contributed by atoms with Crippen LogP contribution in [0.1, 0.15) is 64.5 Å². The van der Waals surface area contributed by atoms with Gasteiger partial charge in [0.2, 0.25) is 0 Å². The minimum atomic E-state index is -1.78. The van der Waals surface area contributed by atoms with Crippen molar-refractivity contribution in [3.63, 3.8) is 0 Å². The molecule has 0 spiro atoms. The summed E-state index contributed by atoms with van der Waals surface area (Å²) in [7, 11) is -1.78. The smallest absolute Gasteiger partial charge is 0.404 e. The van der Waals surface area contributed by atoms with Crippen LogP contribution in [0.25, 0.3) is 0 Å². The second-order valence-corrected chi connectivity index (χ2v) is 18.1. The number of aliphatic hydroxyl groups excluding tert-OH is 1. The molecular weight excluding hydrogens is 500 g/mol. The highest BCUT2D eigenvalue weighted by Crippen LogP contribution is 2.42. The lowest BCUT2D eigenvalue weighted by Crippen LogP contribution is -2.49. The Bertz CT molecular complexity index is 919. The van der Waals surface area contributed by atoms with Gasteiger partial charge in [-0.1, -0.05) is 58.9 Å². The molecule has 0 aliphatic carbocycles. The summed E-state index contributed by atoms with van der Waals surface area (Å²) < 4.78 is 17.9. The highest BCUT2D eigenvalue weighted by Gasteiger charge is 2.43. The summed E-state index contributed by atoms with van der Waals surface area (Å²) in [6, 6.07) is 7.47. The first-order valence-corrected chi connectivity index (χ1v) is 16.9. The molecule has 2 heterocycles. The zero-order valence-electron chi connectivity index (χ0n) is 24.4. The Morgan fingerprint density at radius 1 is 1.18 bits per heavy atom. The highest BCUT2D eigenvalue weighted by molar-refractivity contribution is 6.74. The summed E-state index contributed by atoms with van der Waals surface area (Å²) in [6.07, 6.45) is 0.116. The highest BCUT2D eigenvalue weighted by atomic mass is 28.4. The summed E-state index contributed by atoms with van der Waals surface area (Å²) in [5.74, 6) is 0.533. The Kier molecular flexibility index (Phi) is 10.4. The van der Waals surface area contributed by atoms with E-state index in [-0.39, 0.29) is 22.7 Å². The van der Waals surface area contributed by atoms with Crippen molar-refractivity contribution < 1.29 is 28.9 Å². The number of hydrogen-bond donors (Lipinski definition) is 4. The zero-order chi connectivity index (χ0) is 28.1. The summed E-state index contributed by atoms with van der Waals surface area (Å²) in [5.41, 5.74) is 2.17. The number of nitrogens with one attached hydrogen (secondary N) is 2. The zero-order valence-corrected chi connectivity index (χ0v) is 25.4. The minimum absolute atomic E-state index is 0.0211. The molecular formula is C29H50N2O6Si. The molecule has 1 aromatic rings. The first-order chi connectivity index (χ1) is 17.7. The number of hydrogen-bond acceptors (Lipinski definition) is 6. The minimum Gasteiger partial charge on any atom is -0.465 e. The molecule has 1 aromatic carbocycles. The van der Waals surface area contributed by atoms with Gasteiger partial charge in [0.05, 0.1) is 25.4 Å². The fourth-order valence-corrected chi connectivity index (χ4v) is 6.18. The topological polar surface area (TPSA) is 109 Å². The van der Waals surface area contributed by atoms with Crippen LogP contribution in [0, 0.1) is 11.3 Å². The summed E-state index contributed by atoms with van der Waals surface area (Å²) in [6.45, 7) is 18.7. The van der Waals surface area contributed by atoms with Crippen LogP contribution in [0.3, 0.4) is 0 Å². The van der Waals surface area contributed by atoms with Gasteiger partial charge in [0, 0.05) is 31.5 Å². The number of amides is 1. The predicted molar refractivity (Wildman–Crippen MR) is 152 cm³/mol. The lowest BCUT2D eigenvalue weighted by Gasteiger charge is -2.37. The SMILES string of the molecule is CC(C)(CCO[Si](C)(C)C(C)(C)C)CNC[C@@H](O)[C@H](Cc1ccccc1[C@@H]1CO[C@H]2OCC[C@H]21)NC(=O)O. The molecule has 4 N–H and O–H groups in total. The fraction of sp³-hybridized carbons (Fsp3) is 0.759. The second kappa shape index (κ2) is 12.8. The van der Waals surface area contributed by atoms with E-state index in [0.717, 1.165) is 24.0 Å². The number of rotatable bonds is 13. The second-order valence-electron chi connectivity index (χ2n) is 13.3. The van der Waals surface area contributed by atoms with Crippen molar-refractivity contribution in [3.05, 3.63) is 35.4 Å². The standard InChI is InChI=1S/C29H50N2O6Si/c1-28(2,3)38(6,7)37-15-13-29(4,5)19-30-17-25(32)24(31-27(33)34)16-20-10-8-9-11-21(20)23-18-36-26-22(23)12-14-35-26/h8-11,22-26,30-32H,12-19H2,1-7H3,(H,33,34)/t22-,23-,24-,25+,26+/m0/s1. The third-order valence-electron chi connectivity index (χ3n) is 8.71. The number of ether oxygens (including phenoxy) is 2. The Balaban J connectivity index is 1.56. The van der Waals surface area contributed by atoms with E-state index in [4.69, 9.17) is 13.9 Å². The molecule has 2 saturated heterocycles. The molecule has 2 aliphatic heterocycles. The van der Waals surface area contributed by atoms with Gasteiger partial charge < -0.3 is 34.7 Å². The largest absolute Gasteiger partial charge is 0.465 e. The van der Waals surface area contributed by atoms with Crippen LogP contribution in [-0.2, 0) is 20.3 Å². The number of fused-ring (bicyclic) bond motifs is 1. The van der Waals surface area contributed by atoms with Crippen LogP contribution in [0.15, 0.2) is 24.3 Å². The van der Waals surface area contributed by atoms with Crippen LogP contribution in [0.4, 0.5) is 4.79 Å². The molecule has 5 atom stereocenters. The maximum Gasteiger partial charge on any atom is 0.404 e. The van der Waals surface area contributed by atoms with Crippen LogP contribution in [-0.4, -0.2) is 76.0 Å². The Hall–Kier alpha value is -1.49. The average Bonchev–Trinajstić information content (AvgIpc) is 3.42. The molecule has 9 heteroatoms. The number of carboxylic acid groups (broad SMARTS) is 1. The van der Waals surface area contributed by atoms with Crippen molar-refractivity contribution in [2.24, 2.45) is 11.3 Å². The van der Waals surface area contributed by atoms with Gasteiger partial charge in [-0.3, -0.25) is 0 Å². The third kappa shape index (κ3) is 8.25. The normalized spacial score (nSPS) is 23.7.